The van der Waals surface area contributed by atoms with Crippen LogP contribution in [0.25, 0.3) is 5.70 Å². The topological polar surface area (TPSA) is 123 Å². The number of aliphatic imine (C=N–C) groups is 1. The van der Waals surface area contributed by atoms with E-state index in [1.54, 1.807) is 60.7 Å². The van der Waals surface area contributed by atoms with Crippen molar-refractivity contribution in [2.75, 3.05) is 12.4 Å². The Balaban J connectivity index is 1.47. The first-order valence-corrected chi connectivity index (χ1v) is 16.1. The number of nitrogens with zero attached hydrogens (tertiary/aromatic N) is 1. The number of carbonyl (C=O) groups excluding carboxylic acids is 2. The van der Waals surface area contributed by atoms with E-state index in [4.69, 9.17) is 9.02 Å². The number of amides is 1. The molecule has 4 aromatic carbocycles. The third-order valence-corrected chi connectivity index (χ3v) is 8.60. The van der Waals surface area contributed by atoms with Crippen LogP contribution in [0.5, 0.6) is 5.75 Å². The largest absolute Gasteiger partial charge is 0.497 e. The summed E-state index contributed by atoms with van der Waals surface area (Å²) in [6.07, 6.45) is 1.61. The number of hydrogen-bond acceptors (Lipinski definition) is 8. The quantitative estimate of drug-likeness (QED) is 0.201. The van der Waals surface area contributed by atoms with Gasteiger partial charge in [0.1, 0.15) is 17.5 Å². The highest BCUT2D eigenvalue weighted by Crippen LogP contribution is 2.27. The number of benzene rings is 4. The van der Waals surface area contributed by atoms with Gasteiger partial charge in [0.2, 0.25) is 11.7 Å². The summed E-state index contributed by atoms with van der Waals surface area (Å²) in [5.74, 6) is -0.271. The Kier molecular flexibility index (Phi) is 9.50. The first kappa shape index (κ1) is 32.3. The number of hydroxylamine groups is 1. The van der Waals surface area contributed by atoms with Crippen molar-refractivity contribution in [3.05, 3.63) is 131 Å². The first-order chi connectivity index (χ1) is 21.9. The second-order valence-corrected chi connectivity index (χ2v) is 13.3. The van der Waals surface area contributed by atoms with Crippen molar-refractivity contribution in [3.63, 3.8) is 0 Å². The molecule has 2 N–H and O–H groups in total. The average Bonchev–Trinajstić information content (AvgIpc) is 3.05. The summed E-state index contributed by atoms with van der Waals surface area (Å²) in [4.78, 5) is 31.9. The Morgan fingerprint density at radius 2 is 1.54 bits per heavy atom. The minimum atomic E-state index is -4.22. The van der Waals surface area contributed by atoms with Gasteiger partial charge in [-0.3, -0.25) is 14.6 Å². The molecule has 0 aromatic heterocycles. The summed E-state index contributed by atoms with van der Waals surface area (Å²) in [5.41, 5.74) is 5.62. The number of anilines is 1. The fourth-order valence-corrected chi connectivity index (χ4v) is 5.68. The molecule has 1 amide bonds. The van der Waals surface area contributed by atoms with Crippen molar-refractivity contribution in [3.8, 4) is 5.75 Å². The van der Waals surface area contributed by atoms with E-state index < -0.39 is 27.9 Å². The third kappa shape index (κ3) is 7.59. The highest BCUT2D eigenvalue weighted by Gasteiger charge is 2.28. The van der Waals surface area contributed by atoms with Crippen LogP contribution in [0, 0.1) is 0 Å². The Hall–Kier alpha value is -5.06. The second-order valence-electron chi connectivity index (χ2n) is 11.8. The molecule has 0 fully saturated rings. The summed E-state index contributed by atoms with van der Waals surface area (Å²) in [5, 5.41) is 2.87. The number of carbonyl (C=O) groups is 2. The number of ketones is 1. The van der Waals surface area contributed by atoms with Crippen molar-refractivity contribution in [1.82, 2.24) is 5.48 Å². The number of Topliss-reactive ketones (excluding diaryl/α,β-unsaturated/α-hetero) is 1. The van der Waals surface area contributed by atoms with Crippen molar-refractivity contribution in [2.45, 2.75) is 43.5 Å². The normalized spacial score (nSPS) is 14.7. The number of methoxy groups -OCH3 is 1. The monoisotopic (exact) mass is 637 g/mol. The lowest BCUT2D eigenvalue weighted by Crippen LogP contribution is -2.32. The molecule has 0 heterocycles. The molecule has 0 aliphatic heterocycles. The maximum atomic E-state index is 13.6. The molecule has 5 rings (SSSR count). The lowest BCUT2D eigenvalue weighted by molar-refractivity contribution is -0.117. The lowest BCUT2D eigenvalue weighted by atomic mass is 9.87. The van der Waals surface area contributed by atoms with Gasteiger partial charge in [0.25, 0.3) is 0 Å². The Morgan fingerprint density at radius 3 is 2.22 bits per heavy atom. The van der Waals surface area contributed by atoms with Crippen LogP contribution in [0.3, 0.4) is 0 Å². The minimum Gasteiger partial charge on any atom is -0.497 e. The number of nitrogens with one attached hydrogen (secondary N) is 2. The first-order valence-electron chi connectivity index (χ1n) is 14.7. The van der Waals surface area contributed by atoms with Crippen LogP contribution in [0.2, 0.25) is 0 Å². The van der Waals surface area contributed by atoms with Crippen molar-refractivity contribution < 1.29 is 27.0 Å². The molecule has 1 aliphatic rings. The Bertz CT molecular complexity index is 1910. The number of fused-ring (bicyclic) bond motifs is 1. The van der Waals surface area contributed by atoms with Crippen LogP contribution in [0.4, 0.5) is 5.69 Å². The zero-order valence-corrected chi connectivity index (χ0v) is 26.8. The minimum absolute atomic E-state index is 0.0280. The van der Waals surface area contributed by atoms with Gasteiger partial charge < -0.3 is 10.1 Å². The predicted octanol–water partition coefficient (Wildman–Crippen LogP) is 6.13. The Labute approximate surface area is 269 Å². The summed E-state index contributed by atoms with van der Waals surface area (Å²) in [6.45, 7) is 6.11. The highest BCUT2D eigenvalue weighted by atomic mass is 32.2. The van der Waals surface area contributed by atoms with Gasteiger partial charge in [-0.25, -0.2) is 5.48 Å². The van der Waals surface area contributed by atoms with Crippen molar-refractivity contribution >= 4 is 38.9 Å². The summed E-state index contributed by atoms with van der Waals surface area (Å²) < 4.78 is 36.8. The van der Waals surface area contributed by atoms with Gasteiger partial charge in [0.05, 0.1) is 17.7 Å². The number of rotatable bonds is 10. The van der Waals surface area contributed by atoms with E-state index in [0.717, 1.165) is 11.1 Å². The van der Waals surface area contributed by atoms with E-state index in [1.807, 2.05) is 51.1 Å². The summed E-state index contributed by atoms with van der Waals surface area (Å²) in [7, 11) is -2.69. The molecule has 0 bridgehead atoms. The molecule has 1 aliphatic carbocycles. The molecule has 0 radical (unpaired) electrons. The fraction of sp³-hybridized carbons (Fsp3) is 0.194. The lowest BCUT2D eigenvalue weighted by Gasteiger charge is -2.21. The van der Waals surface area contributed by atoms with Crippen LogP contribution in [-0.4, -0.2) is 39.0 Å². The van der Waals surface area contributed by atoms with Crippen LogP contribution in [0.1, 0.15) is 47.8 Å². The molecule has 4 aromatic rings. The van der Waals surface area contributed by atoms with Crippen molar-refractivity contribution in [2.24, 2.45) is 4.99 Å². The second kappa shape index (κ2) is 13.5. The molecular formula is C36H35N3O6S. The molecule has 0 spiro atoms. The molecule has 236 valence electrons. The van der Waals surface area contributed by atoms with Crippen LogP contribution < -0.4 is 15.5 Å². The van der Waals surface area contributed by atoms with Crippen LogP contribution in [0.15, 0.2) is 119 Å². The van der Waals surface area contributed by atoms with E-state index in [1.165, 1.54) is 25.3 Å². The zero-order chi connectivity index (χ0) is 32.9. The van der Waals surface area contributed by atoms with E-state index in [0.29, 0.717) is 17.0 Å². The number of hydrogen-bond donors (Lipinski definition) is 2. The van der Waals surface area contributed by atoms with Gasteiger partial charge >= 0.3 is 10.1 Å². The van der Waals surface area contributed by atoms with Crippen LogP contribution in [-0.2, 0) is 31.0 Å². The number of ether oxygens (including phenoxy) is 1. The van der Waals surface area contributed by atoms with Gasteiger partial charge in [0, 0.05) is 29.3 Å². The van der Waals surface area contributed by atoms with E-state index in [-0.39, 0.29) is 33.7 Å². The van der Waals surface area contributed by atoms with Gasteiger partial charge in [-0.1, -0.05) is 93.6 Å². The maximum absolute atomic E-state index is 13.6. The third-order valence-electron chi connectivity index (χ3n) is 7.45. The summed E-state index contributed by atoms with van der Waals surface area (Å²) >= 11 is 0. The smallest absolute Gasteiger partial charge is 0.317 e. The van der Waals surface area contributed by atoms with Gasteiger partial charge in [-0.05, 0) is 46.9 Å². The maximum Gasteiger partial charge on any atom is 0.317 e. The molecule has 0 unspecified atom stereocenters. The molecule has 0 saturated heterocycles. The highest BCUT2D eigenvalue weighted by molar-refractivity contribution is 7.86. The van der Waals surface area contributed by atoms with Gasteiger partial charge in [-0.2, -0.15) is 8.42 Å². The molecule has 0 saturated carbocycles. The SMILES string of the molecule is COc1cccc(NC(=O)[C@@H](Cc2ccccc2)N=C2C=C(NOS(=O)(=O)c3ccc(C(C)(C)C)cc3)c3ccccc3C2=O)c1. The Morgan fingerprint density at radius 1 is 0.870 bits per heavy atom. The predicted molar refractivity (Wildman–Crippen MR) is 178 cm³/mol. The molecule has 1 atom stereocenters. The molecule has 10 heteroatoms. The van der Waals surface area contributed by atoms with E-state index >= 15 is 0 Å². The van der Waals surface area contributed by atoms with E-state index in [2.05, 4.69) is 15.8 Å². The average molecular weight is 638 g/mol. The summed E-state index contributed by atoms with van der Waals surface area (Å²) in [6, 6.07) is 28.5. The fourth-order valence-electron chi connectivity index (χ4n) is 4.91. The number of allylic oxidation sites excluding steroid dienone is 1. The van der Waals surface area contributed by atoms with Gasteiger partial charge in [-0.15, -0.1) is 4.28 Å². The molecule has 46 heavy (non-hydrogen) atoms. The zero-order valence-electron chi connectivity index (χ0n) is 26.0. The van der Waals surface area contributed by atoms with E-state index in [9.17, 15) is 18.0 Å². The molecular weight excluding hydrogens is 602 g/mol. The van der Waals surface area contributed by atoms with Gasteiger partial charge in [0.15, 0.2) is 0 Å². The molecule has 9 nitrogen and oxygen atoms in total. The van der Waals surface area contributed by atoms with Crippen LogP contribution >= 0.6 is 0 Å². The van der Waals surface area contributed by atoms with Crippen molar-refractivity contribution in [1.29, 1.82) is 0 Å². The standard InChI is InChI=1S/C36H35N3O6S/c1-36(2,3)25-17-19-28(20-18-25)46(42,43)45-39-31-23-32(34(40)30-16-9-8-15-29(30)31)38-33(21-24-11-6-5-7-12-24)35(41)37-26-13-10-14-27(22-26)44-4/h5-20,22-23,33,39H,21H2,1-4H3,(H,37,41)/t33-/m1/s1.